The summed E-state index contributed by atoms with van der Waals surface area (Å²) in [4.78, 5) is 13.2. The van der Waals surface area contributed by atoms with Crippen LogP contribution in [0.5, 0.6) is 0 Å². The quantitative estimate of drug-likeness (QED) is 0.341. The molecule has 0 aliphatic carbocycles. The summed E-state index contributed by atoms with van der Waals surface area (Å²) in [5.41, 5.74) is 0. The van der Waals surface area contributed by atoms with Crippen LogP contribution in [0.2, 0.25) is 0 Å². The van der Waals surface area contributed by atoms with Gasteiger partial charge in [0, 0.05) is 25.9 Å². The first-order chi connectivity index (χ1) is 9.06. The molecule has 108 valence electrons. The highest BCUT2D eigenvalue weighted by molar-refractivity contribution is 5.76. The van der Waals surface area contributed by atoms with Gasteiger partial charge in [-0.25, -0.2) is 0 Å². The maximum atomic E-state index is 11.5. The molecular formula is C13H22N2O4. The second kappa shape index (κ2) is 7.46. The van der Waals surface area contributed by atoms with Crippen molar-refractivity contribution in [3.8, 4) is 12.3 Å². The summed E-state index contributed by atoms with van der Waals surface area (Å²) in [6, 6.07) is -1.05. The monoisotopic (exact) mass is 270 g/mol. The van der Waals surface area contributed by atoms with Crippen molar-refractivity contribution in [1.29, 1.82) is 0 Å². The molecule has 0 saturated carbocycles. The van der Waals surface area contributed by atoms with Crippen LogP contribution in [0.1, 0.15) is 19.3 Å². The largest absolute Gasteiger partial charge is 0.395 e. The second-order valence-electron chi connectivity index (χ2n) is 4.72. The van der Waals surface area contributed by atoms with Crippen LogP contribution in [0.15, 0.2) is 0 Å². The van der Waals surface area contributed by atoms with Crippen LogP contribution in [0.4, 0.5) is 0 Å². The zero-order chi connectivity index (χ0) is 14.4. The molecule has 19 heavy (non-hydrogen) atoms. The van der Waals surface area contributed by atoms with Gasteiger partial charge >= 0.3 is 0 Å². The SMILES string of the molecule is C#CCCCN1C(CO)[C@@H](O)[C@H](O)[C@H]1CC(=O)NC. The van der Waals surface area contributed by atoms with E-state index >= 15 is 0 Å². The molecule has 0 radical (unpaired) electrons. The number of unbranched alkanes of at least 4 members (excludes halogenated alkanes) is 1. The van der Waals surface area contributed by atoms with Crippen LogP contribution in [0, 0.1) is 12.3 Å². The number of aliphatic hydroxyl groups excluding tert-OH is 3. The molecule has 1 heterocycles. The Morgan fingerprint density at radius 3 is 2.53 bits per heavy atom. The number of hydrogen-bond acceptors (Lipinski definition) is 5. The standard InChI is InChI=1S/C13H22N2O4/c1-3-4-5-6-15-9(7-11(17)14-2)12(18)13(19)10(15)8-16/h1,9-10,12-13,16,18-19H,4-8H2,2H3,(H,14,17)/t9-,10?,12-,13-/m1/s1. The Labute approximate surface area is 113 Å². The minimum atomic E-state index is -1.05. The van der Waals surface area contributed by atoms with E-state index in [4.69, 9.17) is 6.42 Å². The number of amides is 1. The molecule has 1 rings (SSSR count). The highest BCUT2D eigenvalue weighted by Crippen LogP contribution is 2.27. The van der Waals surface area contributed by atoms with Crippen LogP contribution in [0.25, 0.3) is 0 Å². The molecule has 1 fully saturated rings. The molecule has 6 heteroatoms. The lowest BCUT2D eigenvalue weighted by atomic mass is 10.1. The van der Waals surface area contributed by atoms with Crippen molar-refractivity contribution in [3.63, 3.8) is 0 Å². The highest BCUT2D eigenvalue weighted by atomic mass is 16.3. The molecule has 1 saturated heterocycles. The van der Waals surface area contributed by atoms with Gasteiger partial charge in [0.2, 0.25) is 5.91 Å². The fraction of sp³-hybridized carbons (Fsp3) is 0.769. The molecule has 0 aromatic heterocycles. The maximum Gasteiger partial charge on any atom is 0.221 e. The average Bonchev–Trinajstić information content (AvgIpc) is 2.63. The van der Waals surface area contributed by atoms with Crippen molar-refractivity contribution >= 4 is 5.91 Å². The third-order valence-electron chi connectivity index (χ3n) is 3.59. The fourth-order valence-corrected chi connectivity index (χ4v) is 2.53. The van der Waals surface area contributed by atoms with E-state index in [0.29, 0.717) is 19.4 Å². The molecule has 6 nitrogen and oxygen atoms in total. The van der Waals surface area contributed by atoms with E-state index in [9.17, 15) is 20.1 Å². The van der Waals surface area contributed by atoms with Gasteiger partial charge in [-0.05, 0) is 13.0 Å². The van der Waals surface area contributed by atoms with Gasteiger partial charge in [-0.1, -0.05) is 0 Å². The van der Waals surface area contributed by atoms with Crippen molar-refractivity contribution in [2.75, 3.05) is 20.2 Å². The van der Waals surface area contributed by atoms with E-state index < -0.39 is 24.3 Å². The Morgan fingerprint density at radius 2 is 2.00 bits per heavy atom. The van der Waals surface area contributed by atoms with Crippen LogP contribution in [0.3, 0.4) is 0 Å². The molecule has 1 unspecified atom stereocenters. The van der Waals surface area contributed by atoms with Gasteiger partial charge < -0.3 is 20.6 Å². The molecule has 4 N–H and O–H groups in total. The van der Waals surface area contributed by atoms with Gasteiger partial charge in [0.05, 0.1) is 24.9 Å². The Kier molecular flexibility index (Phi) is 6.25. The molecular weight excluding hydrogens is 248 g/mol. The van der Waals surface area contributed by atoms with Crippen LogP contribution in [-0.2, 0) is 4.79 Å². The zero-order valence-electron chi connectivity index (χ0n) is 11.1. The molecule has 0 spiro atoms. The second-order valence-corrected chi connectivity index (χ2v) is 4.72. The molecule has 0 aromatic rings. The van der Waals surface area contributed by atoms with Crippen LogP contribution < -0.4 is 5.32 Å². The van der Waals surface area contributed by atoms with Gasteiger partial charge in [0.1, 0.15) is 0 Å². The lowest BCUT2D eigenvalue weighted by Gasteiger charge is -2.28. The molecule has 1 aliphatic rings. The van der Waals surface area contributed by atoms with E-state index in [0.717, 1.165) is 0 Å². The van der Waals surface area contributed by atoms with Crippen molar-refractivity contribution in [2.45, 2.75) is 43.6 Å². The Hall–Kier alpha value is -1.13. The van der Waals surface area contributed by atoms with E-state index in [1.165, 1.54) is 7.05 Å². The summed E-state index contributed by atoms with van der Waals surface area (Å²) in [6.07, 6.45) is 4.45. The first kappa shape index (κ1) is 15.9. The number of carbonyl (C=O) groups excluding carboxylic acids is 1. The lowest BCUT2D eigenvalue weighted by Crippen LogP contribution is -2.43. The first-order valence-corrected chi connectivity index (χ1v) is 6.43. The summed E-state index contributed by atoms with van der Waals surface area (Å²) in [6.45, 7) is 0.268. The topological polar surface area (TPSA) is 93.0 Å². The lowest BCUT2D eigenvalue weighted by molar-refractivity contribution is -0.122. The number of carbonyl (C=O) groups is 1. The third-order valence-corrected chi connectivity index (χ3v) is 3.59. The Bertz CT molecular complexity index is 342. The summed E-state index contributed by atoms with van der Waals surface area (Å²) in [7, 11) is 1.52. The summed E-state index contributed by atoms with van der Waals surface area (Å²) in [5, 5.41) is 31.8. The molecule has 4 atom stereocenters. The number of rotatable bonds is 6. The zero-order valence-corrected chi connectivity index (χ0v) is 11.1. The number of aliphatic hydroxyl groups is 3. The number of terminal acetylenes is 1. The smallest absolute Gasteiger partial charge is 0.221 e. The van der Waals surface area contributed by atoms with Crippen molar-refractivity contribution in [2.24, 2.45) is 0 Å². The van der Waals surface area contributed by atoms with Gasteiger partial charge in [-0.15, -0.1) is 12.3 Å². The summed E-state index contributed by atoms with van der Waals surface area (Å²) in [5.74, 6) is 2.31. The molecule has 1 amide bonds. The minimum absolute atomic E-state index is 0.0846. The van der Waals surface area contributed by atoms with Gasteiger partial charge in [0.15, 0.2) is 0 Å². The maximum absolute atomic E-state index is 11.5. The van der Waals surface area contributed by atoms with Gasteiger partial charge in [-0.3, -0.25) is 9.69 Å². The van der Waals surface area contributed by atoms with E-state index in [1.54, 1.807) is 4.90 Å². The third kappa shape index (κ3) is 3.67. The fourth-order valence-electron chi connectivity index (χ4n) is 2.53. The number of nitrogens with zero attached hydrogens (tertiary/aromatic N) is 1. The Morgan fingerprint density at radius 1 is 1.37 bits per heavy atom. The first-order valence-electron chi connectivity index (χ1n) is 6.43. The number of nitrogens with one attached hydrogen (secondary N) is 1. The number of hydrogen-bond donors (Lipinski definition) is 4. The summed E-state index contributed by atoms with van der Waals surface area (Å²) < 4.78 is 0. The van der Waals surface area contributed by atoms with E-state index in [1.807, 2.05) is 0 Å². The van der Waals surface area contributed by atoms with Gasteiger partial charge in [0.25, 0.3) is 0 Å². The minimum Gasteiger partial charge on any atom is -0.395 e. The van der Waals surface area contributed by atoms with E-state index in [-0.39, 0.29) is 18.9 Å². The number of likely N-dealkylation sites (tertiary alicyclic amines) is 1. The predicted octanol–water partition coefficient (Wildman–Crippen LogP) is -1.70. The van der Waals surface area contributed by atoms with Crippen LogP contribution in [-0.4, -0.2) is 70.6 Å². The molecule has 0 aromatic carbocycles. The average molecular weight is 270 g/mol. The van der Waals surface area contributed by atoms with Crippen molar-refractivity contribution in [3.05, 3.63) is 0 Å². The molecule has 0 bridgehead atoms. The van der Waals surface area contributed by atoms with Gasteiger partial charge in [-0.2, -0.15) is 0 Å². The predicted molar refractivity (Wildman–Crippen MR) is 70.1 cm³/mol. The highest BCUT2D eigenvalue weighted by Gasteiger charge is 2.47. The van der Waals surface area contributed by atoms with E-state index in [2.05, 4.69) is 11.2 Å². The van der Waals surface area contributed by atoms with Crippen molar-refractivity contribution < 1.29 is 20.1 Å². The van der Waals surface area contributed by atoms with Crippen molar-refractivity contribution in [1.82, 2.24) is 10.2 Å². The molecule has 1 aliphatic heterocycles. The summed E-state index contributed by atoms with van der Waals surface area (Å²) >= 11 is 0. The normalized spacial score (nSPS) is 31.1. The van der Waals surface area contributed by atoms with Crippen LogP contribution >= 0.6 is 0 Å². The Balaban J connectivity index is 2.76.